The second-order valence-electron chi connectivity index (χ2n) is 4.15. The molecule has 1 aliphatic rings. The van der Waals surface area contributed by atoms with Crippen molar-refractivity contribution in [1.29, 1.82) is 0 Å². The van der Waals surface area contributed by atoms with Gasteiger partial charge in [-0.25, -0.2) is 0 Å². The van der Waals surface area contributed by atoms with Gasteiger partial charge in [0.05, 0.1) is 25.4 Å². The molecule has 1 aromatic carbocycles. The molecule has 0 radical (unpaired) electrons. The summed E-state index contributed by atoms with van der Waals surface area (Å²) in [4.78, 5) is 11.2. The van der Waals surface area contributed by atoms with E-state index in [1.165, 1.54) is 12.3 Å². The Hall–Kier alpha value is -1.61. The Labute approximate surface area is 101 Å². The van der Waals surface area contributed by atoms with Crippen molar-refractivity contribution < 1.29 is 14.3 Å². The Morgan fingerprint density at radius 2 is 2.18 bits per heavy atom. The summed E-state index contributed by atoms with van der Waals surface area (Å²) in [7, 11) is 0. The van der Waals surface area contributed by atoms with Gasteiger partial charge in [0, 0.05) is 6.08 Å². The van der Waals surface area contributed by atoms with E-state index in [0.717, 1.165) is 5.56 Å². The van der Waals surface area contributed by atoms with Gasteiger partial charge >= 0.3 is 0 Å². The lowest BCUT2D eigenvalue weighted by atomic mass is 10.1. The first-order chi connectivity index (χ1) is 8.25. The fraction of sp³-hybridized carbons (Fsp3) is 0.357. The lowest BCUT2D eigenvalue weighted by Crippen LogP contribution is -2.31. The summed E-state index contributed by atoms with van der Waals surface area (Å²) in [6, 6.07) is 9.96. The van der Waals surface area contributed by atoms with Crippen molar-refractivity contribution in [3.05, 3.63) is 48.2 Å². The first-order valence-corrected chi connectivity index (χ1v) is 5.76. The Morgan fingerprint density at radius 1 is 1.41 bits per heavy atom. The maximum Gasteiger partial charge on any atom is 0.162 e. The first kappa shape index (κ1) is 11.9. The van der Waals surface area contributed by atoms with Crippen molar-refractivity contribution in [3.63, 3.8) is 0 Å². The van der Waals surface area contributed by atoms with E-state index in [9.17, 15) is 4.79 Å². The summed E-state index contributed by atoms with van der Waals surface area (Å²) in [6.45, 7) is 2.47. The largest absolute Gasteiger partial charge is 0.495 e. The molecule has 0 fully saturated rings. The average Bonchev–Trinajstić information content (AvgIpc) is 2.37. The van der Waals surface area contributed by atoms with Gasteiger partial charge in [-0.2, -0.15) is 0 Å². The zero-order chi connectivity index (χ0) is 12.1. The molecule has 0 saturated heterocycles. The summed E-state index contributed by atoms with van der Waals surface area (Å²) in [5.41, 5.74) is 1.12. The van der Waals surface area contributed by atoms with Gasteiger partial charge in [0.15, 0.2) is 5.78 Å². The number of benzene rings is 1. The van der Waals surface area contributed by atoms with Crippen molar-refractivity contribution in [1.82, 2.24) is 0 Å². The van der Waals surface area contributed by atoms with E-state index in [2.05, 4.69) is 0 Å². The molecule has 1 aromatic rings. The molecule has 0 spiro atoms. The first-order valence-electron chi connectivity index (χ1n) is 5.76. The van der Waals surface area contributed by atoms with Gasteiger partial charge in [-0.3, -0.25) is 4.79 Å². The second-order valence-corrected chi connectivity index (χ2v) is 4.15. The van der Waals surface area contributed by atoms with E-state index in [-0.39, 0.29) is 18.0 Å². The maximum atomic E-state index is 11.2. The van der Waals surface area contributed by atoms with Crippen molar-refractivity contribution in [2.24, 2.45) is 0 Å². The van der Waals surface area contributed by atoms with E-state index in [1.54, 1.807) is 0 Å². The minimum atomic E-state index is -0.170. The monoisotopic (exact) mass is 232 g/mol. The molecular weight excluding hydrogens is 216 g/mol. The number of carbonyl (C=O) groups is 1. The third kappa shape index (κ3) is 3.43. The van der Waals surface area contributed by atoms with Gasteiger partial charge in [0.25, 0.3) is 0 Å². The van der Waals surface area contributed by atoms with Crippen LogP contribution in [0.3, 0.4) is 0 Å². The van der Waals surface area contributed by atoms with Crippen molar-refractivity contribution in [3.8, 4) is 0 Å². The highest BCUT2D eigenvalue weighted by atomic mass is 16.5. The number of hydrogen-bond acceptors (Lipinski definition) is 3. The molecule has 0 amide bonds. The fourth-order valence-corrected chi connectivity index (χ4v) is 1.72. The topological polar surface area (TPSA) is 35.5 Å². The molecule has 3 heteroatoms. The van der Waals surface area contributed by atoms with Gasteiger partial charge in [0.2, 0.25) is 0 Å². The minimum Gasteiger partial charge on any atom is -0.495 e. The van der Waals surface area contributed by atoms with Gasteiger partial charge in [-0.15, -0.1) is 0 Å². The lowest BCUT2D eigenvalue weighted by Gasteiger charge is -2.25. The molecule has 2 atom stereocenters. The van der Waals surface area contributed by atoms with Crippen LogP contribution in [0, 0.1) is 0 Å². The Morgan fingerprint density at radius 3 is 2.88 bits per heavy atom. The van der Waals surface area contributed by atoms with Gasteiger partial charge in [-0.05, 0) is 12.5 Å². The molecule has 0 bridgehead atoms. The molecule has 90 valence electrons. The molecule has 1 aliphatic heterocycles. The summed E-state index contributed by atoms with van der Waals surface area (Å²) in [6.07, 6.45) is 3.05. The van der Waals surface area contributed by atoms with E-state index in [0.29, 0.717) is 13.0 Å². The second kappa shape index (κ2) is 5.64. The molecule has 1 heterocycles. The van der Waals surface area contributed by atoms with Crippen molar-refractivity contribution in [2.45, 2.75) is 32.2 Å². The molecule has 0 aliphatic carbocycles. The zero-order valence-electron chi connectivity index (χ0n) is 9.84. The highest BCUT2D eigenvalue weighted by molar-refractivity contribution is 5.90. The van der Waals surface area contributed by atoms with Crippen molar-refractivity contribution >= 4 is 5.78 Å². The molecule has 3 nitrogen and oxygen atoms in total. The number of rotatable bonds is 4. The van der Waals surface area contributed by atoms with E-state index in [1.807, 2.05) is 37.3 Å². The number of carbonyl (C=O) groups excluding carboxylic acids is 1. The SMILES string of the molecule is CC(OCc1ccccc1)C1CC(=O)C=CO1. The normalized spacial score (nSPS) is 21.0. The maximum absolute atomic E-state index is 11.2. The summed E-state index contributed by atoms with van der Waals surface area (Å²) >= 11 is 0. The molecular formula is C14H16O3. The third-order valence-electron chi connectivity index (χ3n) is 2.79. The smallest absolute Gasteiger partial charge is 0.162 e. The van der Waals surface area contributed by atoms with Crippen LogP contribution in [0.4, 0.5) is 0 Å². The van der Waals surface area contributed by atoms with Crippen LogP contribution in [0.2, 0.25) is 0 Å². The summed E-state index contributed by atoms with van der Waals surface area (Å²) in [5.74, 6) is 0.0939. The Balaban J connectivity index is 1.83. The molecule has 0 saturated carbocycles. The number of ketones is 1. The standard InChI is InChI=1S/C14H16O3/c1-11(14-9-13(15)7-8-16-14)17-10-12-5-3-2-4-6-12/h2-8,11,14H,9-10H2,1H3. The summed E-state index contributed by atoms with van der Waals surface area (Å²) < 4.78 is 11.1. The average molecular weight is 232 g/mol. The minimum absolute atomic E-state index is 0.0934. The number of allylic oxidation sites excluding steroid dienone is 1. The zero-order valence-corrected chi connectivity index (χ0v) is 9.84. The highest BCUT2D eigenvalue weighted by Crippen LogP contribution is 2.15. The lowest BCUT2D eigenvalue weighted by molar-refractivity contribution is -0.122. The van der Waals surface area contributed by atoms with E-state index >= 15 is 0 Å². The Kier molecular flexibility index (Phi) is 3.94. The van der Waals surface area contributed by atoms with Crippen LogP contribution in [0.1, 0.15) is 18.9 Å². The molecule has 2 rings (SSSR count). The van der Waals surface area contributed by atoms with Crippen LogP contribution in [0.25, 0.3) is 0 Å². The van der Waals surface area contributed by atoms with E-state index < -0.39 is 0 Å². The van der Waals surface area contributed by atoms with Crippen LogP contribution in [0.5, 0.6) is 0 Å². The van der Waals surface area contributed by atoms with Gasteiger partial charge in [0.1, 0.15) is 6.10 Å². The van der Waals surface area contributed by atoms with Gasteiger partial charge in [-0.1, -0.05) is 30.3 Å². The van der Waals surface area contributed by atoms with Crippen LogP contribution < -0.4 is 0 Å². The Bertz CT molecular complexity index is 397. The van der Waals surface area contributed by atoms with Crippen LogP contribution in [-0.2, 0) is 20.9 Å². The molecule has 0 N–H and O–H groups in total. The predicted molar refractivity (Wildman–Crippen MR) is 64.3 cm³/mol. The molecule has 17 heavy (non-hydrogen) atoms. The molecule has 0 aromatic heterocycles. The third-order valence-corrected chi connectivity index (χ3v) is 2.79. The number of hydrogen-bond donors (Lipinski definition) is 0. The van der Waals surface area contributed by atoms with Crippen LogP contribution in [0.15, 0.2) is 42.7 Å². The number of ether oxygens (including phenoxy) is 2. The quantitative estimate of drug-likeness (QED) is 0.800. The highest BCUT2D eigenvalue weighted by Gasteiger charge is 2.23. The van der Waals surface area contributed by atoms with Crippen LogP contribution >= 0.6 is 0 Å². The van der Waals surface area contributed by atoms with Gasteiger partial charge < -0.3 is 9.47 Å². The predicted octanol–water partition coefficient (Wildman–Crippen LogP) is 2.46. The van der Waals surface area contributed by atoms with Crippen LogP contribution in [-0.4, -0.2) is 18.0 Å². The summed E-state index contributed by atoms with van der Waals surface area (Å²) in [5, 5.41) is 0. The van der Waals surface area contributed by atoms with E-state index in [4.69, 9.17) is 9.47 Å². The fourth-order valence-electron chi connectivity index (χ4n) is 1.72. The van der Waals surface area contributed by atoms with Crippen molar-refractivity contribution in [2.75, 3.05) is 0 Å². The molecule has 2 unspecified atom stereocenters.